The highest BCUT2D eigenvalue weighted by molar-refractivity contribution is 5.95. The van der Waals surface area contributed by atoms with Gasteiger partial charge >= 0.3 is 0 Å². The van der Waals surface area contributed by atoms with Crippen LogP contribution in [0.1, 0.15) is 54.2 Å². The topological polar surface area (TPSA) is 54.3 Å². The Morgan fingerprint density at radius 1 is 1.33 bits per heavy atom. The van der Waals surface area contributed by atoms with Gasteiger partial charge in [0, 0.05) is 56.4 Å². The summed E-state index contributed by atoms with van der Waals surface area (Å²) in [5, 5.41) is 4.38. The van der Waals surface area contributed by atoms with Gasteiger partial charge in [-0.15, -0.1) is 0 Å². The second kappa shape index (κ2) is 8.65. The van der Waals surface area contributed by atoms with Gasteiger partial charge in [-0.3, -0.25) is 19.4 Å². The minimum absolute atomic E-state index is 0.0906. The minimum atomic E-state index is 0.0906. The van der Waals surface area contributed by atoms with E-state index in [0.717, 1.165) is 43.6 Å². The maximum atomic E-state index is 13.1. The zero-order valence-electron chi connectivity index (χ0n) is 16.9. The van der Waals surface area contributed by atoms with Crippen LogP contribution in [0.25, 0.3) is 0 Å². The number of aryl methyl sites for hydroxylation is 2. The first kappa shape index (κ1) is 19.5. The van der Waals surface area contributed by atoms with Gasteiger partial charge in [0.25, 0.3) is 5.91 Å². The molecule has 6 heteroatoms. The summed E-state index contributed by atoms with van der Waals surface area (Å²) < 4.78 is 1.87. The van der Waals surface area contributed by atoms with E-state index in [2.05, 4.69) is 35.0 Å². The maximum Gasteiger partial charge on any atom is 0.253 e. The van der Waals surface area contributed by atoms with Crippen molar-refractivity contribution in [3.63, 3.8) is 0 Å². The molecule has 1 fully saturated rings. The highest BCUT2D eigenvalue weighted by Crippen LogP contribution is 2.36. The van der Waals surface area contributed by atoms with Crippen molar-refractivity contribution < 1.29 is 4.79 Å². The molecule has 0 spiro atoms. The van der Waals surface area contributed by atoms with Crippen molar-refractivity contribution in [2.75, 3.05) is 26.7 Å². The van der Waals surface area contributed by atoms with Gasteiger partial charge in [-0.25, -0.2) is 0 Å². The molecule has 1 amide bonds. The third-order valence-electron chi connectivity index (χ3n) is 5.70. The van der Waals surface area contributed by atoms with E-state index in [1.165, 1.54) is 12.0 Å². The molecule has 3 rings (SSSR count). The van der Waals surface area contributed by atoms with Crippen LogP contribution >= 0.6 is 0 Å². The molecule has 1 saturated heterocycles. The second-order valence-corrected chi connectivity index (χ2v) is 7.50. The van der Waals surface area contributed by atoms with Crippen LogP contribution in [0.5, 0.6) is 0 Å². The van der Waals surface area contributed by atoms with Crippen LogP contribution in [0.4, 0.5) is 0 Å². The van der Waals surface area contributed by atoms with Gasteiger partial charge in [0.05, 0.1) is 6.20 Å². The number of piperidine rings is 1. The smallest absolute Gasteiger partial charge is 0.253 e. The number of pyridine rings is 1. The predicted octanol–water partition coefficient (Wildman–Crippen LogP) is 2.92. The fourth-order valence-electron chi connectivity index (χ4n) is 4.33. The summed E-state index contributed by atoms with van der Waals surface area (Å²) >= 11 is 0. The molecule has 2 aromatic rings. The molecule has 0 radical (unpaired) electrons. The Hall–Kier alpha value is -2.21. The van der Waals surface area contributed by atoms with Crippen molar-refractivity contribution in [1.82, 2.24) is 24.6 Å². The van der Waals surface area contributed by atoms with Gasteiger partial charge in [-0.05, 0) is 49.9 Å². The molecule has 6 nitrogen and oxygen atoms in total. The largest absolute Gasteiger partial charge is 0.341 e. The van der Waals surface area contributed by atoms with Crippen LogP contribution in [0.15, 0.2) is 30.9 Å². The first-order valence-electron chi connectivity index (χ1n) is 9.96. The summed E-state index contributed by atoms with van der Waals surface area (Å²) in [6, 6.07) is 2.16. The van der Waals surface area contributed by atoms with Crippen molar-refractivity contribution in [2.45, 2.75) is 39.2 Å². The molecule has 0 aliphatic carbocycles. The Morgan fingerprint density at radius 2 is 2.15 bits per heavy atom. The highest BCUT2D eigenvalue weighted by atomic mass is 16.2. The van der Waals surface area contributed by atoms with Gasteiger partial charge in [-0.1, -0.05) is 13.8 Å². The fraction of sp³-hybridized carbons (Fsp3) is 0.571. The van der Waals surface area contributed by atoms with E-state index in [-0.39, 0.29) is 5.91 Å². The quantitative estimate of drug-likeness (QED) is 0.786. The van der Waals surface area contributed by atoms with Crippen LogP contribution in [-0.4, -0.2) is 57.2 Å². The Morgan fingerprint density at radius 3 is 2.81 bits per heavy atom. The molecule has 0 bridgehead atoms. The van der Waals surface area contributed by atoms with Crippen LogP contribution in [-0.2, 0) is 13.5 Å². The number of rotatable bonds is 6. The van der Waals surface area contributed by atoms with Gasteiger partial charge in [-0.2, -0.15) is 5.10 Å². The number of carbonyl (C=O) groups excluding carboxylic acids is 1. The first-order valence-corrected chi connectivity index (χ1v) is 9.96. The van der Waals surface area contributed by atoms with Gasteiger partial charge in [0.15, 0.2) is 0 Å². The van der Waals surface area contributed by atoms with Gasteiger partial charge in [0.1, 0.15) is 0 Å². The van der Waals surface area contributed by atoms with E-state index in [4.69, 9.17) is 0 Å². The number of hydrogen-bond acceptors (Lipinski definition) is 4. The summed E-state index contributed by atoms with van der Waals surface area (Å²) in [5.74, 6) is 0.497. The van der Waals surface area contributed by atoms with Crippen molar-refractivity contribution in [2.24, 2.45) is 13.0 Å². The summed E-state index contributed by atoms with van der Waals surface area (Å²) in [6.07, 6.45) is 10.7. The van der Waals surface area contributed by atoms with Gasteiger partial charge < -0.3 is 4.90 Å². The lowest BCUT2D eigenvalue weighted by atomic mass is 9.85. The van der Waals surface area contributed by atoms with E-state index in [0.29, 0.717) is 12.0 Å². The monoisotopic (exact) mass is 369 g/mol. The number of aromatic nitrogens is 3. The average Bonchev–Trinajstić information content (AvgIpc) is 3.12. The van der Waals surface area contributed by atoms with E-state index in [1.807, 2.05) is 35.9 Å². The standard InChI is InChI=1S/C21H31N5O/c1-5-16-12-22-10-9-19(16)21(27)24(3)14-17-8-7-11-26(6-2)20(17)18-13-23-25(4)15-18/h9-10,12-13,15,17,20H,5-8,11,14H2,1-4H3/t17-,20+/m0/s1. The molecule has 0 unspecified atom stereocenters. The average molecular weight is 370 g/mol. The summed E-state index contributed by atoms with van der Waals surface area (Å²) in [4.78, 5) is 21.6. The zero-order valence-corrected chi connectivity index (χ0v) is 16.9. The number of carbonyl (C=O) groups is 1. The highest BCUT2D eigenvalue weighted by Gasteiger charge is 2.34. The predicted molar refractivity (Wildman–Crippen MR) is 106 cm³/mol. The molecule has 0 saturated carbocycles. The Kier molecular flexibility index (Phi) is 6.26. The molecule has 2 aromatic heterocycles. The van der Waals surface area contributed by atoms with Gasteiger partial charge in [0.2, 0.25) is 0 Å². The Balaban J connectivity index is 1.80. The molecular weight excluding hydrogens is 338 g/mol. The maximum absolute atomic E-state index is 13.1. The summed E-state index contributed by atoms with van der Waals surface area (Å²) in [5.41, 5.74) is 3.04. The van der Waals surface area contributed by atoms with Crippen LogP contribution in [0.3, 0.4) is 0 Å². The SMILES string of the molecule is CCc1cnccc1C(=O)N(C)C[C@@H]1CCCN(CC)[C@H]1c1cnn(C)c1. The third-order valence-corrected chi connectivity index (χ3v) is 5.70. The summed E-state index contributed by atoms with van der Waals surface area (Å²) in [7, 11) is 3.89. The molecule has 0 N–H and O–H groups in total. The minimum Gasteiger partial charge on any atom is -0.341 e. The molecule has 2 atom stereocenters. The molecular formula is C21H31N5O. The fourth-order valence-corrected chi connectivity index (χ4v) is 4.33. The van der Waals surface area contributed by atoms with Crippen molar-refractivity contribution >= 4 is 5.91 Å². The Labute approximate surface area is 162 Å². The van der Waals surface area contributed by atoms with Crippen LogP contribution < -0.4 is 0 Å². The van der Waals surface area contributed by atoms with Crippen molar-refractivity contribution in [1.29, 1.82) is 0 Å². The van der Waals surface area contributed by atoms with E-state index < -0.39 is 0 Å². The zero-order chi connectivity index (χ0) is 19.4. The van der Waals surface area contributed by atoms with E-state index in [1.54, 1.807) is 12.4 Å². The van der Waals surface area contributed by atoms with Crippen molar-refractivity contribution in [3.8, 4) is 0 Å². The lowest BCUT2D eigenvalue weighted by molar-refractivity contribution is 0.0588. The molecule has 1 aliphatic rings. The Bertz CT molecular complexity index is 771. The number of hydrogen-bond donors (Lipinski definition) is 0. The number of nitrogens with zero attached hydrogens (tertiary/aromatic N) is 5. The van der Waals surface area contributed by atoms with E-state index >= 15 is 0 Å². The second-order valence-electron chi connectivity index (χ2n) is 7.50. The lowest BCUT2D eigenvalue weighted by Crippen LogP contribution is -2.44. The lowest BCUT2D eigenvalue weighted by Gasteiger charge is -2.42. The molecule has 1 aliphatic heterocycles. The number of likely N-dealkylation sites (tertiary alicyclic amines) is 1. The molecule has 146 valence electrons. The first-order chi connectivity index (χ1) is 13.0. The molecule has 0 aromatic carbocycles. The number of amides is 1. The van der Waals surface area contributed by atoms with Crippen molar-refractivity contribution in [3.05, 3.63) is 47.5 Å². The third kappa shape index (κ3) is 4.21. The molecule has 27 heavy (non-hydrogen) atoms. The van der Waals surface area contributed by atoms with E-state index in [9.17, 15) is 4.79 Å². The normalized spacial score (nSPS) is 20.6. The van der Waals surface area contributed by atoms with Crippen LogP contribution in [0, 0.1) is 5.92 Å². The molecule has 3 heterocycles. The van der Waals surface area contributed by atoms with Crippen LogP contribution in [0.2, 0.25) is 0 Å². The summed E-state index contributed by atoms with van der Waals surface area (Å²) in [6.45, 7) is 7.14.